The standard InChI is InChI=1S/C9H10N2O2/c1-13-9(12)7-3-5-11-8-6(7)2-4-10-8/h3,5H,2,4H2,1H3,(H,10,11). The topological polar surface area (TPSA) is 51.2 Å². The number of esters is 1. The summed E-state index contributed by atoms with van der Waals surface area (Å²) in [5, 5.41) is 3.10. The molecule has 0 amide bonds. The van der Waals surface area contributed by atoms with Crippen LogP contribution in [0.25, 0.3) is 0 Å². The summed E-state index contributed by atoms with van der Waals surface area (Å²) in [6.07, 6.45) is 2.46. The minimum absolute atomic E-state index is 0.289. The van der Waals surface area contributed by atoms with E-state index in [1.165, 1.54) is 7.11 Å². The van der Waals surface area contributed by atoms with Crippen molar-refractivity contribution in [2.45, 2.75) is 6.42 Å². The normalized spacial score (nSPS) is 13.3. The van der Waals surface area contributed by atoms with Crippen molar-refractivity contribution < 1.29 is 9.53 Å². The third-order valence-electron chi connectivity index (χ3n) is 2.13. The quantitative estimate of drug-likeness (QED) is 0.647. The van der Waals surface area contributed by atoms with E-state index in [9.17, 15) is 4.79 Å². The van der Waals surface area contributed by atoms with E-state index in [1.54, 1.807) is 12.3 Å². The van der Waals surface area contributed by atoms with E-state index >= 15 is 0 Å². The maximum absolute atomic E-state index is 11.3. The zero-order valence-corrected chi connectivity index (χ0v) is 7.33. The van der Waals surface area contributed by atoms with Crippen molar-refractivity contribution in [3.8, 4) is 0 Å². The fourth-order valence-corrected chi connectivity index (χ4v) is 1.50. The smallest absolute Gasteiger partial charge is 0.338 e. The molecule has 4 heteroatoms. The van der Waals surface area contributed by atoms with Gasteiger partial charge in [0.25, 0.3) is 0 Å². The molecule has 0 unspecified atom stereocenters. The van der Waals surface area contributed by atoms with Crippen molar-refractivity contribution >= 4 is 11.8 Å². The molecule has 0 radical (unpaired) electrons. The first-order chi connectivity index (χ1) is 6.33. The number of rotatable bonds is 1. The van der Waals surface area contributed by atoms with Crippen LogP contribution in [0.3, 0.4) is 0 Å². The molecule has 1 aromatic rings. The molecule has 1 aromatic heterocycles. The van der Waals surface area contributed by atoms with Crippen LogP contribution in [0.5, 0.6) is 0 Å². The van der Waals surface area contributed by atoms with Gasteiger partial charge in [0.2, 0.25) is 0 Å². The molecule has 13 heavy (non-hydrogen) atoms. The lowest BCUT2D eigenvalue weighted by Crippen LogP contribution is -2.05. The minimum Gasteiger partial charge on any atom is -0.465 e. The van der Waals surface area contributed by atoms with Gasteiger partial charge in [-0.05, 0) is 12.5 Å². The second-order valence-electron chi connectivity index (χ2n) is 2.85. The molecular formula is C9H10N2O2. The number of carbonyl (C=O) groups excluding carboxylic acids is 1. The number of methoxy groups -OCH3 is 1. The average molecular weight is 178 g/mol. The van der Waals surface area contributed by atoms with Gasteiger partial charge >= 0.3 is 5.97 Å². The molecule has 1 N–H and O–H groups in total. The number of fused-ring (bicyclic) bond motifs is 1. The molecule has 2 heterocycles. The van der Waals surface area contributed by atoms with Gasteiger partial charge in [0.1, 0.15) is 5.82 Å². The first-order valence-electron chi connectivity index (χ1n) is 4.13. The predicted molar refractivity (Wildman–Crippen MR) is 47.8 cm³/mol. The van der Waals surface area contributed by atoms with E-state index in [2.05, 4.69) is 15.0 Å². The van der Waals surface area contributed by atoms with E-state index < -0.39 is 0 Å². The molecule has 0 spiro atoms. The zero-order valence-electron chi connectivity index (χ0n) is 7.33. The Bertz CT molecular complexity index is 349. The van der Waals surface area contributed by atoms with Crippen molar-refractivity contribution in [1.82, 2.24) is 4.98 Å². The fraction of sp³-hybridized carbons (Fsp3) is 0.333. The van der Waals surface area contributed by atoms with Crippen LogP contribution >= 0.6 is 0 Å². The van der Waals surface area contributed by atoms with Crippen LogP contribution in [-0.4, -0.2) is 24.6 Å². The Morgan fingerprint density at radius 1 is 1.69 bits per heavy atom. The second-order valence-corrected chi connectivity index (χ2v) is 2.85. The highest BCUT2D eigenvalue weighted by Crippen LogP contribution is 2.23. The Morgan fingerprint density at radius 2 is 2.54 bits per heavy atom. The van der Waals surface area contributed by atoms with Gasteiger partial charge in [-0.25, -0.2) is 9.78 Å². The number of carbonyl (C=O) groups is 1. The van der Waals surface area contributed by atoms with Gasteiger partial charge in [-0.2, -0.15) is 0 Å². The van der Waals surface area contributed by atoms with E-state index in [0.29, 0.717) is 5.56 Å². The molecule has 0 aromatic carbocycles. The molecule has 0 aliphatic carbocycles. The van der Waals surface area contributed by atoms with Crippen LogP contribution in [0.1, 0.15) is 15.9 Å². The molecule has 1 aliphatic heterocycles. The maximum atomic E-state index is 11.3. The fourth-order valence-electron chi connectivity index (χ4n) is 1.50. The van der Waals surface area contributed by atoms with E-state index in [4.69, 9.17) is 0 Å². The summed E-state index contributed by atoms with van der Waals surface area (Å²) in [5.74, 6) is 0.519. The van der Waals surface area contributed by atoms with Crippen LogP contribution in [0.2, 0.25) is 0 Å². The van der Waals surface area contributed by atoms with Gasteiger partial charge in [0, 0.05) is 18.3 Å². The summed E-state index contributed by atoms with van der Waals surface area (Å²) in [6, 6.07) is 1.69. The largest absolute Gasteiger partial charge is 0.465 e. The number of hydrogen-bond donors (Lipinski definition) is 1. The summed E-state index contributed by atoms with van der Waals surface area (Å²) in [4.78, 5) is 15.4. The van der Waals surface area contributed by atoms with Crippen LogP contribution in [0.4, 0.5) is 5.82 Å². The lowest BCUT2D eigenvalue weighted by atomic mass is 10.1. The van der Waals surface area contributed by atoms with Gasteiger partial charge in [0.15, 0.2) is 0 Å². The van der Waals surface area contributed by atoms with Crippen LogP contribution in [-0.2, 0) is 11.2 Å². The summed E-state index contributed by atoms with van der Waals surface area (Å²) >= 11 is 0. The van der Waals surface area contributed by atoms with Gasteiger partial charge in [-0.3, -0.25) is 0 Å². The number of nitrogens with zero attached hydrogens (tertiary/aromatic N) is 1. The molecule has 4 nitrogen and oxygen atoms in total. The Morgan fingerprint density at radius 3 is 3.31 bits per heavy atom. The predicted octanol–water partition coefficient (Wildman–Crippen LogP) is 0.836. The van der Waals surface area contributed by atoms with Crippen molar-refractivity contribution in [1.29, 1.82) is 0 Å². The Labute approximate surface area is 75.9 Å². The van der Waals surface area contributed by atoms with Crippen LogP contribution < -0.4 is 5.32 Å². The second kappa shape index (κ2) is 3.05. The maximum Gasteiger partial charge on any atom is 0.338 e. The SMILES string of the molecule is COC(=O)c1ccnc2c1CCN2. The molecule has 0 atom stereocenters. The van der Waals surface area contributed by atoms with Crippen LogP contribution in [0.15, 0.2) is 12.3 Å². The van der Waals surface area contributed by atoms with Crippen molar-refractivity contribution in [3.63, 3.8) is 0 Å². The Hall–Kier alpha value is -1.58. The number of nitrogens with one attached hydrogen (secondary N) is 1. The van der Waals surface area contributed by atoms with Crippen molar-refractivity contribution in [3.05, 3.63) is 23.4 Å². The molecular weight excluding hydrogens is 168 g/mol. The number of pyridine rings is 1. The van der Waals surface area contributed by atoms with E-state index in [0.717, 1.165) is 24.3 Å². The van der Waals surface area contributed by atoms with Gasteiger partial charge in [-0.15, -0.1) is 0 Å². The van der Waals surface area contributed by atoms with Gasteiger partial charge in [-0.1, -0.05) is 0 Å². The monoisotopic (exact) mass is 178 g/mol. The zero-order chi connectivity index (χ0) is 9.26. The van der Waals surface area contributed by atoms with Crippen LogP contribution in [0, 0.1) is 0 Å². The molecule has 0 saturated carbocycles. The number of aromatic nitrogens is 1. The molecule has 2 rings (SSSR count). The van der Waals surface area contributed by atoms with Gasteiger partial charge in [0.05, 0.1) is 12.7 Å². The Balaban J connectivity index is 2.47. The lowest BCUT2D eigenvalue weighted by molar-refractivity contribution is 0.0599. The third kappa shape index (κ3) is 1.24. The number of hydrogen-bond acceptors (Lipinski definition) is 4. The minimum atomic E-state index is -0.289. The molecule has 68 valence electrons. The average Bonchev–Trinajstić information content (AvgIpc) is 2.63. The number of anilines is 1. The summed E-state index contributed by atoms with van der Waals surface area (Å²) in [5.41, 5.74) is 1.59. The van der Waals surface area contributed by atoms with Gasteiger partial charge < -0.3 is 10.1 Å². The Kier molecular flexibility index (Phi) is 1.88. The lowest BCUT2D eigenvalue weighted by Gasteiger charge is -2.03. The summed E-state index contributed by atoms with van der Waals surface area (Å²) in [6.45, 7) is 0.844. The first kappa shape index (κ1) is 8.04. The number of ether oxygens (including phenoxy) is 1. The highest BCUT2D eigenvalue weighted by atomic mass is 16.5. The molecule has 1 aliphatic rings. The molecule has 0 bridgehead atoms. The highest BCUT2D eigenvalue weighted by Gasteiger charge is 2.19. The molecule has 0 saturated heterocycles. The van der Waals surface area contributed by atoms with E-state index in [1.807, 2.05) is 0 Å². The molecule has 0 fully saturated rings. The summed E-state index contributed by atoms with van der Waals surface area (Å²) in [7, 11) is 1.39. The van der Waals surface area contributed by atoms with E-state index in [-0.39, 0.29) is 5.97 Å². The summed E-state index contributed by atoms with van der Waals surface area (Å²) < 4.78 is 4.67. The van der Waals surface area contributed by atoms with Crippen molar-refractivity contribution in [2.75, 3.05) is 19.0 Å². The first-order valence-corrected chi connectivity index (χ1v) is 4.13. The third-order valence-corrected chi connectivity index (χ3v) is 2.13. The highest BCUT2D eigenvalue weighted by molar-refractivity contribution is 5.92. The van der Waals surface area contributed by atoms with Crippen molar-refractivity contribution in [2.24, 2.45) is 0 Å².